The van der Waals surface area contributed by atoms with Crippen LogP contribution >= 0.6 is 0 Å². The van der Waals surface area contributed by atoms with Gasteiger partial charge >= 0.3 is 0 Å². The van der Waals surface area contributed by atoms with E-state index in [2.05, 4.69) is 10.3 Å². The third-order valence-corrected chi connectivity index (χ3v) is 2.82. The number of hydrogen-bond donors (Lipinski definition) is 1. The molecule has 0 unspecified atom stereocenters. The zero-order valence-corrected chi connectivity index (χ0v) is 11.3. The molecule has 2 rings (SSSR count). The quantitative estimate of drug-likeness (QED) is 0.831. The molecule has 5 nitrogen and oxygen atoms in total. The second-order valence-corrected chi connectivity index (χ2v) is 4.15. The zero-order valence-electron chi connectivity index (χ0n) is 11.3. The van der Waals surface area contributed by atoms with E-state index in [4.69, 9.17) is 9.47 Å². The first kappa shape index (κ1) is 13.6. The van der Waals surface area contributed by atoms with Gasteiger partial charge in [0.05, 0.1) is 13.2 Å². The molecule has 0 bridgehead atoms. The van der Waals surface area contributed by atoms with Gasteiger partial charge in [0.1, 0.15) is 0 Å². The average molecular weight is 261 g/mol. The van der Waals surface area contributed by atoms with E-state index < -0.39 is 0 Å². The van der Waals surface area contributed by atoms with Gasteiger partial charge in [-0.1, -0.05) is 18.2 Å². The van der Waals surface area contributed by atoms with Crippen LogP contribution in [-0.2, 0) is 22.6 Å². The molecular weight excluding hydrogens is 242 g/mol. The Balaban J connectivity index is 2.14. The Kier molecular flexibility index (Phi) is 4.94. The number of anilines is 2. The molecule has 1 N–H and O–H groups in total. The maximum Gasteiger partial charge on any atom is 0.207 e. The number of ether oxygens (including phenoxy) is 2. The van der Waals surface area contributed by atoms with E-state index in [-0.39, 0.29) is 0 Å². The zero-order chi connectivity index (χ0) is 13.5. The van der Waals surface area contributed by atoms with Crippen molar-refractivity contribution in [2.75, 3.05) is 26.1 Å². The minimum Gasteiger partial charge on any atom is -0.383 e. The van der Waals surface area contributed by atoms with E-state index in [9.17, 15) is 0 Å². The highest BCUT2D eigenvalue weighted by atomic mass is 16.5. The third-order valence-electron chi connectivity index (χ3n) is 2.82. The molecule has 0 aliphatic rings. The number of aromatic nitrogens is 2. The van der Waals surface area contributed by atoms with Crippen molar-refractivity contribution in [3.8, 4) is 0 Å². The van der Waals surface area contributed by atoms with Gasteiger partial charge < -0.3 is 19.4 Å². The highest BCUT2D eigenvalue weighted by Crippen LogP contribution is 2.20. The molecule has 19 heavy (non-hydrogen) atoms. The van der Waals surface area contributed by atoms with Gasteiger partial charge in [-0.15, -0.1) is 0 Å². The fraction of sp³-hybridized carbons (Fsp3) is 0.357. The number of imidazole rings is 1. The lowest BCUT2D eigenvalue weighted by Crippen LogP contribution is -2.08. The van der Waals surface area contributed by atoms with Crippen molar-refractivity contribution < 1.29 is 9.47 Å². The van der Waals surface area contributed by atoms with Crippen molar-refractivity contribution in [2.24, 2.45) is 0 Å². The van der Waals surface area contributed by atoms with Crippen LogP contribution in [0.3, 0.4) is 0 Å². The molecule has 5 heteroatoms. The monoisotopic (exact) mass is 261 g/mol. The topological polar surface area (TPSA) is 48.3 Å². The predicted molar refractivity (Wildman–Crippen MR) is 74.5 cm³/mol. The Morgan fingerprint density at radius 2 is 2.05 bits per heavy atom. The summed E-state index contributed by atoms with van der Waals surface area (Å²) in [7, 11) is 3.38. The molecule has 1 heterocycles. The molecular formula is C14H19N3O2. The van der Waals surface area contributed by atoms with Gasteiger partial charge in [0.25, 0.3) is 0 Å². The summed E-state index contributed by atoms with van der Waals surface area (Å²) in [6, 6.07) is 8.04. The first-order chi connectivity index (χ1) is 9.35. The third kappa shape index (κ3) is 3.56. The van der Waals surface area contributed by atoms with Crippen molar-refractivity contribution >= 4 is 11.6 Å². The molecule has 2 aromatic rings. The summed E-state index contributed by atoms with van der Waals surface area (Å²) in [5, 5.41) is 3.33. The molecule has 1 aromatic carbocycles. The SMILES string of the molecule is COCCn1ccnc1Nc1ccccc1COC. The highest BCUT2D eigenvalue weighted by Gasteiger charge is 2.06. The number of para-hydroxylation sites is 1. The highest BCUT2D eigenvalue weighted by molar-refractivity contribution is 5.58. The van der Waals surface area contributed by atoms with Crippen molar-refractivity contribution in [3.05, 3.63) is 42.2 Å². The molecule has 0 aliphatic heterocycles. The number of methoxy groups -OCH3 is 2. The predicted octanol–water partition coefficient (Wildman–Crippen LogP) is 2.42. The van der Waals surface area contributed by atoms with Gasteiger partial charge in [0.15, 0.2) is 0 Å². The van der Waals surface area contributed by atoms with Crippen molar-refractivity contribution in [3.63, 3.8) is 0 Å². The molecule has 102 valence electrons. The first-order valence-corrected chi connectivity index (χ1v) is 6.19. The standard InChI is InChI=1S/C14H19N3O2/c1-18-10-9-17-8-7-15-14(17)16-13-6-4-3-5-12(13)11-19-2/h3-8H,9-11H2,1-2H3,(H,15,16). The molecule has 0 radical (unpaired) electrons. The molecule has 0 atom stereocenters. The van der Waals surface area contributed by atoms with Crippen LogP contribution in [0.5, 0.6) is 0 Å². The summed E-state index contributed by atoms with van der Waals surface area (Å²) in [6.45, 7) is 2.00. The van der Waals surface area contributed by atoms with Crippen LogP contribution < -0.4 is 5.32 Å². The Labute approximate surface area is 113 Å². The number of benzene rings is 1. The maximum atomic E-state index is 5.20. The summed E-state index contributed by atoms with van der Waals surface area (Å²) in [5.74, 6) is 0.806. The Bertz CT molecular complexity index is 511. The number of hydrogen-bond acceptors (Lipinski definition) is 4. The minimum absolute atomic E-state index is 0.571. The van der Waals surface area contributed by atoms with Gasteiger partial charge in [0.2, 0.25) is 5.95 Å². The molecule has 0 fully saturated rings. The van der Waals surface area contributed by atoms with E-state index in [0.29, 0.717) is 13.2 Å². The van der Waals surface area contributed by atoms with Gasteiger partial charge in [0, 0.05) is 44.4 Å². The molecule has 0 saturated heterocycles. The molecule has 1 aromatic heterocycles. The van der Waals surface area contributed by atoms with Crippen LogP contribution in [0.15, 0.2) is 36.7 Å². The largest absolute Gasteiger partial charge is 0.383 e. The van der Waals surface area contributed by atoms with Crippen molar-refractivity contribution in [1.82, 2.24) is 9.55 Å². The Morgan fingerprint density at radius 1 is 1.21 bits per heavy atom. The average Bonchev–Trinajstić information content (AvgIpc) is 2.86. The lowest BCUT2D eigenvalue weighted by molar-refractivity contribution is 0.185. The minimum atomic E-state index is 0.571. The van der Waals surface area contributed by atoms with Crippen LogP contribution in [0, 0.1) is 0 Å². The first-order valence-electron chi connectivity index (χ1n) is 6.19. The van der Waals surface area contributed by atoms with E-state index in [1.807, 2.05) is 35.0 Å². The van der Waals surface area contributed by atoms with Gasteiger partial charge in [-0.2, -0.15) is 0 Å². The van der Waals surface area contributed by atoms with E-state index in [1.54, 1.807) is 20.4 Å². The van der Waals surface area contributed by atoms with Crippen LogP contribution in [0.1, 0.15) is 5.56 Å². The summed E-state index contributed by atoms with van der Waals surface area (Å²) in [5.41, 5.74) is 2.11. The molecule has 0 spiro atoms. The molecule has 0 aliphatic carbocycles. The lowest BCUT2D eigenvalue weighted by Gasteiger charge is -2.12. The molecule has 0 amide bonds. The van der Waals surface area contributed by atoms with E-state index in [0.717, 1.165) is 23.7 Å². The summed E-state index contributed by atoms with van der Waals surface area (Å²) >= 11 is 0. The lowest BCUT2D eigenvalue weighted by atomic mass is 10.2. The van der Waals surface area contributed by atoms with Crippen LogP contribution in [0.2, 0.25) is 0 Å². The van der Waals surface area contributed by atoms with Gasteiger partial charge in [-0.3, -0.25) is 0 Å². The van der Waals surface area contributed by atoms with Crippen molar-refractivity contribution in [1.29, 1.82) is 0 Å². The normalized spacial score (nSPS) is 10.6. The van der Waals surface area contributed by atoms with Crippen LogP contribution in [0.25, 0.3) is 0 Å². The second kappa shape index (κ2) is 6.92. The Hall–Kier alpha value is -1.85. The fourth-order valence-electron chi connectivity index (χ4n) is 1.85. The Morgan fingerprint density at radius 3 is 2.84 bits per heavy atom. The van der Waals surface area contributed by atoms with Crippen molar-refractivity contribution in [2.45, 2.75) is 13.2 Å². The van der Waals surface area contributed by atoms with Crippen LogP contribution in [-0.4, -0.2) is 30.4 Å². The fourth-order valence-corrected chi connectivity index (χ4v) is 1.85. The van der Waals surface area contributed by atoms with E-state index >= 15 is 0 Å². The molecule has 0 saturated carbocycles. The number of nitrogens with zero attached hydrogens (tertiary/aromatic N) is 2. The van der Waals surface area contributed by atoms with E-state index in [1.165, 1.54) is 0 Å². The van der Waals surface area contributed by atoms with Gasteiger partial charge in [-0.25, -0.2) is 4.98 Å². The summed E-state index contributed by atoms with van der Waals surface area (Å²) < 4.78 is 12.3. The maximum absolute atomic E-state index is 5.20. The van der Waals surface area contributed by atoms with Crippen LogP contribution in [0.4, 0.5) is 11.6 Å². The number of nitrogens with one attached hydrogen (secondary N) is 1. The summed E-state index contributed by atoms with van der Waals surface area (Å²) in [4.78, 5) is 4.32. The summed E-state index contributed by atoms with van der Waals surface area (Å²) in [6.07, 6.45) is 3.71. The van der Waals surface area contributed by atoms with Gasteiger partial charge in [-0.05, 0) is 6.07 Å². The number of rotatable bonds is 7. The smallest absolute Gasteiger partial charge is 0.207 e. The second-order valence-electron chi connectivity index (χ2n) is 4.15.